The van der Waals surface area contributed by atoms with Crippen LogP contribution in [0.2, 0.25) is 0 Å². The molecule has 2 nitrogen and oxygen atoms in total. The Labute approximate surface area is 86.8 Å². The van der Waals surface area contributed by atoms with Crippen molar-refractivity contribution in [1.82, 2.24) is 0 Å². The van der Waals surface area contributed by atoms with Crippen LogP contribution in [0, 0.1) is 0 Å². The molecule has 13 heavy (non-hydrogen) atoms. The van der Waals surface area contributed by atoms with Crippen LogP contribution < -0.4 is 0 Å². The summed E-state index contributed by atoms with van der Waals surface area (Å²) < 4.78 is 4.95. The summed E-state index contributed by atoms with van der Waals surface area (Å²) >= 11 is 3.53. The molecule has 0 N–H and O–H groups in total. The van der Waals surface area contributed by atoms with Gasteiger partial charge < -0.3 is 4.74 Å². The zero-order chi connectivity index (χ0) is 10.7. The average Bonchev–Trinajstić information content (AvgIpc) is 2.56. The number of carbonyl (C=O) groups is 1. The highest BCUT2D eigenvalue weighted by Gasteiger charge is 2.16. The molecule has 1 atom stereocenters. The predicted octanol–water partition coefficient (Wildman–Crippen LogP) is 2.84. The standard InChI is InChI=1S/C6H8O2.C3H8.CH4S/c1-5-2-3-6(4-7)8-5;1-3-2;1-2/h4,6H,1-3H2;3H2,1-2H3;2H,1H3. The van der Waals surface area contributed by atoms with E-state index in [0.717, 1.165) is 24.9 Å². The lowest BCUT2D eigenvalue weighted by Crippen LogP contribution is -2.03. The molecule has 0 amide bonds. The third-order valence-corrected chi connectivity index (χ3v) is 1.18. The summed E-state index contributed by atoms with van der Waals surface area (Å²) in [4.78, 5) is 9.99. The third-order valence-electron chi connectivity index (χ3n) is 1.18. The third kappa shape index (κ3) is 9.47. The molecule has 0 radical (unpaired) electrons. The van der Waals surface area contributed by atoms with Crippen molar-refractivity contribution in [3.63, 3.8) is 0 Å². The van der Waals surface area contributed by atoms with E-state index < -0.39 is 0 Å². The van der Waals surface area contributed by atoms with Gasteiger partial charge in [0.1, 0.15) is 0 Å². The summed E-state index contributed by atoms with van der Waals surface area (Å²) in [5.74, 6) is 0.738. The Morgan fingerprint density at radius 2 is 2.08 bits per heavy atom. The monoisotopic (exact) mass is 204 g/mol. The summed E-state index contributed by atoms with van der Waals surface area (Å²) in [7, 11) is 0. The number of allylic oxidation sites excluding steroid dienone is 1. The van der Waals surface area contributed by atoms with E-state index in [4.69, 9.17) is 4.74 Å². The van der Waals surface area contributed by atoms with E-state index in [2.05, 4.69) is 33.1 Å². The van der Waals surface area contributed by atoms with Crippen molar-refractivity contribution >= 4 is 18.9 Å². The van der Waals surface area contributed by atoms with Crippen LogP contribution in [0.1, 0.15) is 33.1 Å². The van der Waals surface area contributed by atoms with Crippen LogP contribution in [0.4, 0.5) is 0 Å². The van der Waals surface area contributed by atoms with Gasteiger partial charge in [0, 0.05) is 6.42 Å². The molecule has 0 aromatic carbocycles. The fourth-order valence-electron chi connectivity index (χ4n) is 0.731. The number of hydrogen-bond acceptors (Lipinski definition) is 3. The molecule has 0 saturated carbocycles. The van der Waals surface area contributed by atoms with E-state index in [1.54, 1.807) is 6.26 Å². The van der Waals surface area contributed by atoms with Gasteiger partial charge in [-0.15, -0.1) is 0 Å². The molecule has 1 fully saturated rings. The van der Waals surface area contributed by atoms with Crippen LogP contribution in [0.3, 0.4) is 0 Å². The number of thiol groups is 1. The smallest absolute Gasteiger partial charge is 0.160 e. The number of aldehydes is 1. The first-order chi connectivity index (χ1) is 6.24. The van der Waals surface area contributed by atoms with Crippen molar-refractivity contribution in [2.24, 2.45) is 0 Å². The second-order valence-corrected chi connectivity index (χ2v) is 2.58. The Morgan fingerprint density at radius 3 is 2.23 bits per heavy atom. The lowest BCUT2D eigenvalue weighted by molar-refractivity contribution is -0.114. The minimum absolute atomic E-state index is 0.206. The molecule has 0 bridgehead atoms. The lowest BCUT2D eigenvalue weighted by atomic mass is 10.2. The number of rotatable bonds is 1. The molecule has 1 unspecified atom stereocenters. The van der Waals surface area contributed by atoms with Gasteiger partial charge in [0.25, 0.3) is 0 Å². The van der Waals surface area contributed by atoms with Gasteiger partial charge in [0.05, 0.1) is 5.76 Å². The SMILES string of the molecule is C=C1CCC(C=O)O1.CCC.CS. The quantitative estimate of drug-likeness (QED) is 0.525. The first-order valence-corrected chi connectivity index (χ1v) is 5.38. The van der Waals surface area contributed by atoms with Crippen molar-refractivity contribution in [2.75, 3.05) is 6.26 Å². The van der Waals surface area contributed by atoms with E-state index >= 15 is 0 Å². The zero-order valence-electron chi connectivity index (χ0n) is 8.75. The van der Waals surface area contributed by atoms with Gasteiger partial charge >= 0.3 is 0 Å². The van der Waals surface area contributed by atoms with Crippen LogP contribution in [0.15, 0.2) is 12.3 Å². The Kier molecular flexibility index (Phi) is 13.4. The molecular weight excluding hydrogens is 184 g/mol. The van der Waals surface area contributed by atoms with Gasteiger partial charge in [-0.05, 0) is 12.7 Å². The van der Waals surface area contributed by atoms with Crippen molar-refractivity contribution in [1.29, 1.82) is 0 Å². The Balaban J connectivity index is 0. The van der Waals surface area contributed by atoms with E-state index in [1.165, 1.54) is 6.42 Å². The highest BCUT2D eigenvalue weighted by Crippen LogP contribution is 2.18. The average molecular weight is 204 g/mol. The molecule has 0 aliphatic carbocycles. The van der Waals surface area contributed by atoms with E-state index in [1.807, 2.05) is 0 Å². The maximum absolute atomic E-state index is 9.99. The van der Waals surface area contributed by atoms with Crippen LogP contribution in [-0.4, -0.2) is 18.6 Å². The molecule has 1 aliphatic rings. The molecule has 0 aromatic rings. The van der Waals surface area contributed by atoms with Crippen molar-refractivity contribution in [3.8, 4) is 0 Å². The van der Waals surface area contributed by atoms with Gasteiger partial charge in [-0.2, -0.15) is 12.6 Å². The highest BCUT2D eigenvalue weighted by molar-refractivity contribution is 7.79. The highest BCUT2D eigenvalue weighted by atomic mass is 32.1. The maximum atomic E-state index is 9.99. The summed E-state index contributed by atoms with van der Waals surface area (Å²) in [5, 5.41) is 0. The molecule has 0 spiro atoms. The summed E-state index contributed by atoms with van der Waals surface area (Å²) in [6.07, 6.45) is 5.20. The second-order valence-electron chi connectivity index (χ2n) is 2.58. The molecular formula is C10H20O2S. The van der Waals surface area contributed by atoms with Gasteiger partial charge in [0.2, 0.25) is 0 Å². The molecule has 1 heterocycles. The predicted molar refractivity (Wildman–Crippen MR) is 60.2 cm³/mol. The molecule has 1 saturated heterocycles. The minimum atomic E-state index is -0.206. The zero-order valence-corrected chi connectivity index (χ0v) is 9.64. The van der Waals surface area contributed by atoms with Gasteiger partial charge in [-0.3, -0.25) is 4.79 Å². The summed E-state index contributed by atoms with van der Waals surface area (Å²) in [6.45, 7) is 7.82. The largest absolute Gasteiger partial charge is 0.488 e. The van der Waals surface area contributed by atoms with E-state index in [-0.39, 0.29) is 6.10 Å². The lowest BCUT2D eigenvalue weighted by Gasteiger charge is -1.98. The van der Waals surface area contributed by atoms with Crippen LogP contribution in [-0.2, 0) is 9.53 Å². The molecule has 78 valence electrons. The minimum Gasteiger partial charge on any atom is -0.488 e. The van der Waals surface area contributed by atoms with Crippen LogP contribution in [0.25, 0.3) is 0 Å². The van der Waals surface area contributed by atoms with Crippen LogP contribution >= 0.6 is 12.6 Å². The second kappa shape index (κ2) is 11.6. The summed E-state index contributed by atoms with van der Waals surface area (Å²) in [6, 6.07) is 0. The van der Waals surface area contributed by atoms with Gasteiger partial charge in [-0.25, -0.2) is 0 Å². The van der Waals surface area contributed by atoms with Crippen molar-refractivity contribution < 1.29 is 9.53 Å². The maximum Gasteiger partial charge on any atom is 0.160 e. The number of ether oxygens (including phenoxy) is 1. The topological polar surface area (TPSA) is 26.3 Å². The first-order valence-electron chi connectivity index (χ1n) is 4.49. The van der Waals surface area contributed by atoms with Crippen molar-refractivity contribution in [2.45, 2.75) is 39.2 Å². The normalized spacial score (nSPS) is 18.8. The fourth-order valence-corrected chi connectivity index (χ4v) is 0.731. The van der Waals surface area contributed by atoms with E-state index in [9.17, 15) is 4.79 Å². The number of carbonyl (C=O) groups excluding carboxylic acids is 1. The Morgan fingerprint density at radius 1 is 1.62 bits per heavy atom. The van der Waals surface area contributed by atoms with Gasteiger partial charge in [0.15, 0.2) is 12.4 Å². The number of hydrogen-bond donors (Lipinski definition) is 1. The van der Waals surface area contributed by atoms with Crippen molar-refractivity contribution in [3.05, 3.63) is 12.3 Å². The summed E-state index contributed by atoms with van der Waals surface area (Å²) in [5.41, 5.74) is 0. The molecule has 1 aliphatic heterocycles. The Bertz CT molecular complexity index is 135. The fraction of sp³-hybridized carbons (Fsp3) is 0.700. The van der Waals surface area contributed by atoms with Crippen LogP contribution in [0.5, 0.6) is 0 Å². The first kappa shape index (κ1) is 15.1. The molecule has 3 heteroatoms. The Hall–Kier alpha value is -0.440. The molecule has 1 rings (SSSR count). The molecule has 0 aromatic heterocycles. The van der Waals surface area contributed by atoms with Gasteiger partial charge in [-0.1, -0.05) is 26.8 Å². The van der Waals surface area contributed by atoms with E-state index in [0.29, 0.717) is 0 Å².